The van der Waals surface area contributed by atoms with Crippen molar-refractivity contribution >= 4 is 5.78 Å². The number of ketones is 1. The Labute approximate surface area is 101 Å². The molecule has 0 aliphatic heterocycles. The molecule has 17 heavy (non-hydrogen) atoms. The van der Waals surface area contributed by atoms with Gasteiger partial charge in [0.2, 0.25) is 0 Å². The first-order chi connectivity index (χ1) is 8.13. The minimum Gasteiger partial charge on any atom is -0.504 e. The maximum Gasteiger partial charge on any atom is 0.166 e. The summed E-state index contributed by atoms with van der Waals surface area (Å²) in [6.45, 7) is 1.94. The van der Waals surface area contributed by atoms with E-state index in [2.05, 4.69) is 0 Å². The molecule has 1 aromatic rings. The topological polar surface area (TPSA) is 55.8 Å². The highest BCUT2D eigenvalue weighted by molar-refractivity contribution is 5.84. The molecule has 0 saturated carbocycles. The maximum atomic E-state index is 11.8. The number of phenolic OH excluding ortho intramolecular Hbond substituents is 1. The van der Waals surface area contributed by atoms with Gasteiger partial charge in [0.1, 0.15) is 6.10 Å². The van der Waals surface area contributed by atoms with Crippen LogP contribution in [0.3, 0.4) is 0 Å². The largest absolute Gasteiger partial charge is 0.504 e. The van der Waals surface area contributed by atoms with Crippen LogP contribution in [0.25, 0.3) is 0 Å². The summed E-state index contributed by atoms with van der Waals surface area (Å²) in [7, 11) is 2.96. The van der Waals surface area contributed by atoms with Crippen molar-refractivity contribution in [2.24, 2.45) is 0 Å². The number of rotatable bonds is 6. The number of methoxy groups -OCH3 is 2. The molecule has 0 saturated heterocycles. The predicted molar refractivity (Wildman–Crippen MR) is 64.3 cm³/mol. The average Bonchev–Trinajstić information content (AvgIpc) is 2.30. The van der Waals surface area contributed by atoms with E-state index < -0.39 is 6.10 Å². The molecule has 0 aliphatic rings. The first-order valence-corrected chi connectivity index (χ1v) is 5.56. The third-order valence-electron chi connectivity index (χ3n) is 2.53. The van der Waals surface area contributed by atoms with Crippen molar-refractivity contribution in [2.75, 3.05) is 14.2 Å². The third kappa shape index (κ3) is 3.20. The minimum atomic E-state index is -0.619. The summed E-state index contributed by atoms with van der Waals surface area (Å²) < 4.78 is 10.1. The maximum absolute atomic E-state index is 11.8. The molecule has 0 fully saturated rings. The lowest BCUT2D eigenvalue weighted by Gasteiger charge is -2.15. The normalized spacial score (nSPS) is 12.2. The van der Waals surface area contributed by atoms with Gasteiger partial charge in [-0.25, -0.2) is 0 Å². The first kappa shape index (κ1) is 13.5. The molecule has 0 bridgehead atoms. The standard InChI is InChI=1S/C13H18O4/c1-4-5-10(14)13(17-3)9-6-7-12(16-2)11(15)8-9/h6-8,13,15H,4-5H2,1-3H3. The molecule has 94 valence electrons. The number of ether oxygens (including phenoxy) is 2. The molecule has 1 unspecified atom stereocenters. The van der Waals surface area contributed by atoms with Crippen LogP contribution in [-0.4, -0.2) is 25.1 Å². The van der Waals surface area contributed by atoms with Gasteiger partial charge < -0.3 is 14.6 Å². The molecule has 1 rings (SSSR count). The van der Waals surface area contributed by atoms with Gasteiger partial charge in [-0.2, -0.15) is 0 Å². The number of hydrogen-bond acceptors (Lipinski definition) is 4. The van der Waals surface area contributed by atoms with Crippen molar-refractivity contribution in [1.82, 2.24) is 0 Å². The molecule has 1 atom stereocenters. The van der Waals surface area contributed by atoms with Gasteiger partial charge in [0.05, 0.1) is 7.11 Å². The van der Waals surface area contributed by atoms with Gasteiger partial charge in [-0.15, -0.1) is 0 Å². The van der Waals surface area contributed by atoms with E-state index in [4.69, 9.17) is 9.47 Å². The van der Waals surface area contributed by atoms with Crippen LogP contribution in [0.4, 0.5) is 0 Å². The van der Waals surface area contributed by atoms with E-state index in [1.54, 1.807) is 12.1 Å². The number of carbonyl (C=O) groups excluding carboxylic acids is 1. The van der Waals surface area contributed by atoms with Gasteiger partial charge in [0.15, 0.2) is 17.3 Å². The summed E-state index contributed by atoms with van der Waals surface area (Å²) >= 11 is 0. The fourth-order valence-electron chi connectivity index (χ4n) is 1.70. The molecule has 0 aromatic heterocycles. The van der Waals surface area contributed by atoms with Crippen molar-refractivity contribution in [3.8, 4) is 11.5 Å². The van der Waals surface area contributed by atoms with Crippen LogP contribution in [-0.2, 0) is 9.53 Å². The van der Waals surface area contributed by atoms with E-state index in [-0.39, 0.29) is 11.5 Å². The Balaban J connectivity index is 2.96. The van der Waals surface area contributed by atoms with Crippen molar-refractivity contribution in [3.63, 3.8) is 0 Å². The van der Waals surface area contributed by atoms with Crippen molar-refractivity contribution in [3.05, 3.63) is 23.8 Å². The fourth-order valence-corrected chi connectivity index (χ4v) is 1.70. The van der Waals surface area contributed by atoms with E-state index in [0.29, 0.717) is 17.7 Å². The van der Waals surface area contributed by atoms with Crippen molar-refractivity contribution < 1.29 is 19.4 Å². The molecule has 0 aliphatic carbocycles. The van der Waals surface area contributed by atoms with Crippen molar-refractivity contribution in [2.45, 2.75) is 25.9 Å². The lowest BCUT2D eigenvalue weighted by molar-refractivity contribution is -0.129. The molecular formula is C13H18O4. The zero-order valence-electron chi connectivity index (χ0n) is 10.4. The Bertz CT molecular complexity index is 387. The lowest BCUT2D eigenvalue weighted by Crippen LogP contribution is -2.14. The summed E-state index contributed by atoms with van der Waals surface area (Å²) in [5.41, 5.74) is 0.643. The Hall–Kier alpha value is -1.55. The molecule has 1 aromatic carbocycles. The minimum absolute atomic E-state index is 0.0105. The van der Waals surface area contributed by atoms with E-state index in [9.17, 15) is 9.90 Å². The second-order valence-electron chi connectivity index (χ2n) is 3.76. The molecule has 1 N–H and O–H groups in total. The molecule has 4 nitrogen and oxygen atoms in total. The Morgan fingerprint density at radius 1 is 1.41 bits per heavy atom. The van der Waals surface area contributed by atoms with Crippen LogP contribution in [0.2, 0.25) is 0 Å². The predicted octanol–water partition coefficient (Wildman–Crippen LogP) is 2.46. The summed E-state index contributed by atoms with van der Waals surface area (Å²) in [5.74, 6) is 0.405. The monoisotopic (exact) mass is 238 g/mol. The second kappa shape index (κ2) is 6.25. The lowest BCUT2D eigenvalue weighted by atomic mass is 10.0. The fraction of sp³-hybridized carbons (Fsp3) is 0.462. The summed E-state index contributed by atoms with van der Waals surface area (Å²) in [6, 6.07) is 4.84. The second-order valence-corrected chi connectivity index (χ2v) is 3.76. The summed E-state index contributed by atoms with van der Waals surface area (Å²) in [4.78, 5) is 11.8. The SMILES string of the molecule is CCCC(=O)C(OC)c1ccc(OC)c(O)c1. The molecule has 4 heteroatoms. The van der Waals surface area contributed by atoms with Gasteiger partial charge in [0, 0.05) is 13.5 Å². The first-order valence-electron chi connectivity index (χ1n) is 5.56. The Kier molecular flexibility index (Phi) is 4.97. The van der Waals surface area contributed by atoms with Crippen LogP contribution < -0.4 is 4.74 Å². The van der Waals surface area contributed by atoms with Crippen LogP contribution >= 0.6 is 0 Å². The molecule has 0 spiro atoms. The highest BCUT2D eigenvalue weighted by Crippen LogP contribution is 2.30. The van der Waals surface area contributed by atoms with Gasteiger partial charge in [-0.1, -0.05) is 13.0 Å². The third-order valence-corrected chi connectivity index (χ3v) is 2.53. The zero-order valence-corrected chi connectivity index (χ0v) is 10.4. The van der Waals surface area contributed by atoms with E-state index >= 15 is 0 Å². The number of phenols is 1. The molecule has 0 heterocycles. The van der Waals surface area contributed by atoms with Crippen LogP contribution in [0, 0.1) is 0 Å². The van der Waals surface area contributed by atoms with Gasteiger partial charge in [0.25, 0.3) is 0 Å². The Morgan fingerprint density at radius 2 is 2.12 bits per heavy atom. The quantitative estimate of drug-likeness (QED) is 0.827. The molecular weight excluding hydrogens is 220 g/mol. The van der Waals surface area contributed by atoms with Crippen molar-refractivity contribution in [1.29, 1.82) is 0 Å². The number of aromatic hydroxyl groups is 1. The van der Waals surface area contributed by atoms with E-state index in [1.165, 1.54) is 20.3 Å². The highest BCUT2D eigenvalue weighted by atomic mass is 16.5. The Morgan fingerprint density at radius 3 is 2.59 bits per heavy atom. The number of benzene rings is 1. The molecule has 0 amide bonds. The smallest absolute Gasteiger partial charge is 0.166 e. The summed E-state index contributed by atoms with van der Waals surface area (Å²) in [5, 5.41) is 9.66. The molecule has 0 radical (unpaired) electrons. The van der Waals surface area contributed by atoms with Crippen LogP contribution in [0.15, 0.2) is 18.2 Å². The highest BCUT2D eigenvalue weighted by Gasteiger charge is 2.20. The van der Waals surface area contributed by atoms with Gasteiger partial charge in [-0.3, -0.25) is 4.79 Å². The van der Waals surface area contributed by atoms with Crippen LogP contribution in [0.1, 0.15) is 31.4 Å². The zero-order chi connectivity index (χ0) is 12.8. The van der Waals surface area contributed by atoms with Gasteiger partial charge in [-0.05, 0) is 24.1 Å². The number of carbonyl (C=O) groups is 1. The number of Topliss-reactive ketones (excluding diaryl/α,β-unsaturated/α-hetero) is 1. The average molecular weight is 238 g/mol. The van der Waals surface area contributed by atoms with E-state index in [0.717, 1.165) is 6.42 Å². The number of hydrogen-bond donors (Lipinski definition) is 1. The van der Waals surface area contributed by atoms with E-state index in [1.807, 2.05) is 6.92 Å². The van der Waals surface area contributed by atoms with Gasteiger partial charge >= 0.3 is 0 Å². The van der Waals surface area contributed by atoms with Crippen LogP contribution in [0.5, 0.6) is 11.5 Å². The summed E-state index contributed by atoms with van der Waals surface area (Å²) in [6.07, 6.45) is 0.623.